The third-order valence-electron chi connectivity index (χ3n) is 3.52. The minimum atomic E-state index is -0.666. The number of carbonyl (C=O) groups is 1. The van der Waals surface area contributed by atoms with Gasteiger partial charge in [0.1, 0.15) is 0 Å². The molecule has 1 N–H and O–H groups in total. The van der Waals surface area contributed by atoms with Gasteiger partial charge < -0.3 is 10.0 Å². The molecule has 0 amide bonds. The Kier molecular flexibility index (Phi) is 3.53. The molecule has 0 saturated carbocycles. The van der Waals surface area contributed by atoms with Gasteiger partial charge in [-0.2, -0.15) is 0 Å². The summed E-state index contributed by atoms with van der Waals surface area (Å²) < 4.78 is 0. The van der Waals surface area contributed by atoms with E-state index in [0.717, 1.165) is 26.1 Å². The minimum absolute atomic E-state index is 0.185. The van der Waals surface area contributed by atoms with E-state index in [0.29, 0.717) is 12.3 Å². The Hall–Kier alpha value is -0.570. The molecular formula is C11H21NO2. The lowest BCUT2D eigenvalue weighted by Crippen LogP contribution is -2.45. The van der Waals surface area contributed by atoms with Crippen molar-refractivity contribution in [2.75, 3.05) is 19.6 Å². The number of hydrogen-bond donors (Lipinski definition) is 1. The van der Waals surface area contributed by atoms with Crippen molar-refractivity contribution in [3.8, 4) is 0 Å². The molecule has 1 rings (SSSR count). The molecule has 1 unspecified atom stereocenters. The van der Waals surface area contributed by atoms with E-state index in [1.54, 1.807) is 0 Å². The normalized spacial score (nSPS) is 27.5. The molecule has 0 radical (unpaired) electrons. The summed E-state index contributed by atoms with van der Waals surface area (Å²) in [4.78, 5) is 13.1. The average Bonchev–Trinajstić information content (AvgIpc) is 2.08. The summed E-state index contributed by atoms with van der Waals surface area (Å²) in [5, 5.41) is 8.84. The van der Waals surface area contributed by atoms with Crippen LogP contribution in [0, 0.1) is 11.3 Å². The van der Waals surface area contributed by atoms with Crippen molar-refractivity contribution in [3.05, 3.63) is 0 Å². The molecule has 14 heavy (non-hydrogen) atoms. The SMILES string of the molecule is CCN1CCC(C)(C)C(CC(=O)O)C1. The minimum Gasteiger partial charge on any atom is -0.481 e. The second kappa shape index (κ2) is 4.30. The molecule has 1 heterocycles. The summed E-state index contributed by atoms with van der Waals surface area (Å²) in [7, 11) is 0. The molecule has 0 aromatic rings. The molecule has 3 nitrogen and oxygen atoms in total. The zero-order valence-corrected chi connectivity index (χ0v) is 9.42. The second-order valence-electron chi connectivity index (χ2n) is 4.93. The number of piperidine rings is 1. The predicted octanol–water partition coefficient (Wildman–Crippen LogP) is 1.83. The van der Waals surface area contributed by atoms with Crippen LogP contribution < -0.4 is 0 Å². The predicted molar refractivity (Wildman–Crippen MR) is 56.3 cm³/mol. The molecule has 0 spiro atoms. The van der Waals surface area contributed by atoms with Gasteiger partial charge in [-0.05, 0) is 30.8 Å². The number of aliphatic carboxylic acids is 1. The van der Waals surface area contributed by atoms with Crippen molar-refractivity contribution in [1.29, 1.82) is 0 Å². The smallest absolute Gasteiger partial charge is 0.303 e. The number of carboxylic acids is 1. The van der Waals surface area contributed by atoms with Gasteiger partial charge in [-0.15, -0.1) is 0 Å². The Labute approximate surface area is 86.1 Å². The van der Waals surface area contributed by atoms with Gasteiger partial charge in [0.05, 0.1) is 0 Å². The fourth-order valence-corrected chi connectivity index (χ4v) is 2.14. The van der Waals surface area contributed by atoms with Gasteiger partial charge in [0.15, 0.2) is 0 Å². The van der Waals surface area contributed by atoms with Crippen LogP contribution in [0.1, 0.15) is 33.6 Å². The molecule has 3 heteroatoms. The highest BCUT2D eigenvalue weighted by Gasteiger charge is 2.35. The van der Waals surface area contributed by atoms with Crippen LogP contribution in [0.25, 0.3) is 0 Å². The fraction of sp³-hybridized carbons (Fsp3) is 0.909. The highest BCUT2D eigenvalue weighted by Crippen LogP contribution is 2.37. The van der Waals surface area contributed by atoms with Crippen LogP contribution in [0.15, 0.2) is 0 Å². The van der Waals surface area contributed by atoms with Crippen molar-refractivity contribution >= 4 is 5.97 Å². The standard InChI is InChI=1S/C11H21NO2/c1-4-12-6-5-11(2,3)9(8-12)7-10(13)14/h9H,4-8H2,1-3H3,(H,13,14). The van der Waals surface area contributed by atoms with E-state index in [-0.39, 0.29) is 5.41 Å². The van der Waals surface area contributed by atoms with Crippen LogP contribution >= 0.6 is 0 Å². The molecule has 1 atom stereocenters. The van der Waals surface area contributed by atoms with Gasteiger partial charge in [0.2, 0.25) is 0 Å². The summed E-state index contributed by atoms with van der Waals surface area (Å²) in [6.45, 7) is 9.60. The van der Waals surface area contributed by atoms with Crippen molar-refractivity contribution in [1.82, 2.24) is 4.90 Å². The van der Waals surface area contributed by atoms with E-state index in [1.165, 1.54) is 0 Å². The first-order chi connectivity index (χ1) is 6.45. The molecule has 0 aromatic carbocycles. The summed E-state index contributed by atoms with van der Waals surface area (Å²) in [5.74, 6) is -0.366. The van der Waals surface area contributed by atoms with Crippen molar-refractivity contribution in [2.24, 2.45) is 11.3 Å². The van der Waals surface area contributed by atoms with Crippen molar-refractivity contribution in [2.45, 2.75) is 33.6 Å². The molecule has 0 aromatic heterocycles. The molecule has 1 aliphatic heterocycles. The number of nitrogens with zero attached hydrogens (tertiary/aromatic N) is 1. The molecule has 1 saturated heterocycles. The molecule has 1 aliphatic rings. The van der Waals surface area contributed by atoms with E-state index < -0.39 is 5.97 Å². The van der Waals surface area contributed by atoms with Crippen LogP contribution in [0.4, 0.5) is 0 Å². The van der Waals surface area contributed by atoms with Crippen LogP contribution in [0.2, 0.25) is 0 Å². The fourth-order valence-electron chi connectivity index (χ4n) is 2.14. The molecule has 1 fully saturated rings. The highest BCUT2D eigenvalue weighted by molar-refractivity contribution is 5.67. The Morgan fingerprint density at radius 1 is 1.57 bits per heavy atom. The molecule has 0 aliphatic carbocycles. The quantitative estimate of drug-likeness (QED) is 0.754. The van der Waals surface area contributed by atoms with Gasteiger partial charge in [0.25, 0.3) is 0 Å². The van der Waals surface area contributed by atoms with Gasteiger partial charge in [-0.25, -0.2) is 0 Å². The Bertz CT molecular complexity index is 213. The van der Waals surface area contributed by atoms with Gasteiger partial charge in [0, 0.05) is 13.0 Å². The summed E-state index contributed by atoms with van der Waals surface area (Å²) in [6.07, 6.45) is 1.42. The highest BCUT2D eigenvalue weighted by atomic mass is 16.4. The van der Waals surface area contributed by atoms with Crippen LogP contribution in [0.5, 0.6) is 0 Å². The maximum Gasteiger partial charge on any atom is 0.303 e. The van der Waals surface area contributed by atoms with E-state index in [2.05, 4.69) is 25.7 Å². The first-order valence-corrected chi connectivity index (χ1v) is 5.40. The molecule has 82 valence electrons. The lowest BCUT2D eigenvalue weighted by molar-refractivity contribution is -0.140. The lowest BCUT2D eigenvalue weighted by atomic mass is 9.72. The zero-order chi connectivity index (χ0) is 10.8. The van der Waals surface area contributed by atoms with Crippen LogP contribution in [-0.4, -0.2) is 35.6 Å². The number of rotatable bonds is 3. The third kappa shape index (κ3) is 2.71. The topological polar surface area (TPSA) is 40.5 Å². The van der Waals surface area contributed by atoms with Gasteiger partial charge in [-0.3, -0.25) is 4.79 Å². The van der Waals surface area contributed by atoms with Crippen molar-refractivity contribution in [3.63, 3.8) is 0 Å². The third-order valence-corrected chi connectivity index (χ3v) is 3.52. The molecule has 0 bridgehead atoms. The number of carboxylic acid groups (broad SMARTS) is 1. The maximum absolute atomic E-state index is 10.7. The lowest BCUT2D eigenvalue weighted by Gasteiger charge is -2.43. The van der Waals surface area contributed by atoms with E-state index in [4.69, 9.17) is 5.11 Å². The van der Waals surface area contributed by atoms with Gasteiger partial charge in [-0.1, -0.05) is 20.8 Å². The zero-order valence-electron chi connectivity index (χ0n) is 9.42. The van der Waals surface area contributed by atoms with Gasteiger partial charge >= 0.3 is 5.97 Å². The first-order valence-electron chi connectivity index (χ1n) is 5.40. The molecular weight excluding hydrogens is 178 g/mol. The van der Waals surface area contributed by atoms with Crippen molar-refractivity contribution < 1.29 is 9.90 Å². The summed E-state index contributed by atoms with van der Waals surface area (Å²) in [5.41, 5.74) is 0.185. The Balaban J connectivity index is 2.61. The first kappa shape index (κ1) is 11.5. The van der Waals surface area contributed by atoms with Crippen LogP contribution in [-0.2, 0) is 4.79 Å². The van der Waals surface area contributed by atoms with E-state index in [9.17, 15) is 4.79 Å². The second-order valence-corrected chi connectivity index (χ2v) is 4.93. The van der Waals surface area contributed by atoms with E-state index >= 15 is 0 Å². The Morgan fingerprint density at radius 3 is 2.71 bits per heavy atom. The summed E-state index contributed by atoms with van der Waals surface area (Å²) >= 11 is 0. The van der Waals surface area contributed by atoms with Crippen LogP contribution in [0.3, 0.4) is 0 Å². The monoisotopic (exact) mass is 199 g/mol. The number of hydrogen-bond acceptors (Lipinski definition) is 2. The Morgan fingerprint density at radius 2 is 2.21 bits per heavy atom. The largest absolute Gasteiger partial charge is 0.481 e. The summed E-state index contributed by atoms with van der Waals surface area (Å²) in [6, 6.07) is 0. The number of likely N-dealkylation sites (tertiary alicyclic amines) is 1. The van der Waals surface area contributed by atoms with E-state index in [1.807, 2.05) is 0 Å². The maximum atomic E-state index is 10.7. The average molecular weight is 199 g/mol.